The van der Waals surface area contributed by atoms with Crippen molar-refractivity contribution in [1.82, 2.24) is 9.88 Å². The minimum absolute atomic E-state index is 0.320. The third-order valence-electron chi connectivity index (χ3n) is 3.56. The number of carboxylic acid groups (broad SMARTS) is 1. The molecule has 1 aliphatic rings. The molecule has 2 rings (SSSR count). The number of carbonyl (C=O) groups is 1. The summed E-state index contributed by atoms with van der Waals surface area (Å²) in [5, 5.41) is 9.20. The van der Waals surface area contributed by atoms with Gasteiger partial charge in [0.2, 0.25) is 0 Å². The second-order valence-corrected chi connectivity index (χ2v) is 4.87. The number of likely N-dealkylation sites (tertiary alicyclic amines) is 1. The second-order valence-electron chi connectivity index (χ2n) is 4.87. The maximum absolute atomic E-state index is 11.2. The maximum Gasteiger partial charge on any atom is 0.337 e. The van der Waals surface area contributed by atoms with E-state index >= 15 is 0 Å². The minimum Gasteiger partial charge on any atom is -0.478 e. The first-order chi connectivity index (χ1) is 8.59. The van der Waals surface area contributed by atoms with Crippen LogP contribution in [0.15, 0.2) is 18.5 Å². The topological polar surface area (TPSA) is 56.7 Å². The molecule has 2 heterocycles. The van der Waals surface area contributed by atoms with E-state index in [1.54, 1.807) is 12.3 Å². The Morgan fingerprint density at radius 1 is 1.61 bits per heavy atom. The van der Waals surface area contributed by atoms with Crippen LogP contribution >= 0.6 is 0 Å². The molecule has 1 aliphatic heterocycles. The fraction of sp³-hybridized carbons (Fsp3) is 0.538. The number of hydrogen-bond acceptors (Lipinski definition) is 4. The van der Waals surface area contributed by atoms with Gasteiger partial charge >= 0.3 is 5.97 Å². The molecule has 0 aliphatic carbocycles. The van der Waals surface area contributed by atoms with Crippen molar-refractivity contribution in [2.45, 2.75) is 18.9 Å². The summed E-state index contributed by atoms with van der Waals surface area (Å²) in [4.78, 5) is 19.6. The summed E-state index contributed by atoms with van der Waals surface area (Å²) in [5.41, 5.74) is 1.02. The highest BCUT2D eigenvalue weighted by Gasteiger charge is 2.24. The van der Waals surface area contributed by atoms with Gasteiger partial charge in [0, 0.05) is 25.8 Å². The average molecular weight is 249 g/mol. The van der Waals surface area contributed by atoms with Crippen molar-refractivity contribution < 1.29 is 9.90 Å². The van der Waals surface area contributed by atoms with Gasteiger partial charge in [-0.3, -0.25) is 4.98 Å². The molecule has 1 N–H and O–H groups in total. The van der Waals surface area contributed by atoms with E-state index in [0.29, 0.717) is 17.3 Å². The molecule has 1 atom stereocenters. The number of rotatable bonds is 3. The quantitative estimate of drug-likeness (QED) is 0.875. The Bertz CT molecular complexity index is 436. The zero-order valence-corrected chi connectivity index (χ0v) is 10.8. The van der Waals surface area contributed by atoms with E-state index in [4.69, 9.17) is 0 Å². The monoisotopic (exact) mass is 249 g/mol. The highest BCUT2D eigenvalue weighted by Crippen LogP contribution is 2.23. The molecule has 0 aromatic carbocycles. The van der Waals surface area contributed by atoms with Crippen LogP contribution in [0.3, 0.4) is 0 Å². The van der Waals surface area contributed by atoms with Crippen LogP contribution < -0.4 is 4.90 Å². The largest absolute Gasteiger partial charge is 0.478 e. The predicted molar refractivity (Wildman–Crippen MR) is 70.1 cm³/mol. The molecule has 5 heteroatoms. The summed E-state index contributed by atoms with van der Waals surface area (Å²) in [6.45, 7) is 2.08. The Morgan fingerprint density at radius 2 is 2.39 bits per heavy atom. The fourth-order valence-corrected chi connectivity index (χ4v) is 2.50. The number of piperidine rings is 1. The summed E-state index contributed by atoms with van der Waals surface area (Å²) in [7, 11) is 4.05. The van der Waals surface area contributed by atoms with Gasteiger partial charge in [0.15, 0.2) is 0 Å². The van der Waals surface area contributed by atoms with E-state index < -0.39 is 5.97 Å². The molecule has 1 saturated heterocycles. The van der Waals surface area contributed by atoms with Gasteiger partial charge in [0.25, 0.3) is 0 Å². The van der Waals surface area contributed by atoms with E-state index in [-0.39, 0.29) is 0 Å². The van der Waals surface area contributed by atoms with Gasteiger partial charge in [-0.25, -0.2) is 4.79 Å². The van der Waals surface area contributed by atoms with Crippen molar-refractivity contribution in [3.05, 3.63) is 24.0 Å². The molecule has 98 valence electrons. The van der Waals surface area contributed by atoms with Crippen LogP contribution in [0.25, 0.3) is 0 Å². The predicted octanol–water partition coefficient (Wildman–Crippen LogP) is 1.31. The van der Waals surface area contributed by atoms with Gasteiger partial charge in [0.05, 0.1) is 17.4 Å². The molecular formula is C13H19N3O2. The standard InChI is InChI=1S/C13H19N3O2/c1-15-7-3-4-10(9-15)16(2)12-8-14-6-5-11(12)13(17)18/h5-6,8,10H,3-4,7,9H2,1-2H3,(H,17,18). The lowest BCUT2D eigenvalue weighted by molar-refractivity contribution is 0.0697. The zero-order chi connectivity index (χ0) is 13.1. The van der Waals surface area contributed by atoms with Crippen LogP contribution in [0.4, 0.5) is 5.69 Å². The normalized spacial score (nSPS) is 20.7. The van der Waals surface area contributed by atoms with E-state index in [1.165, 1.54) is 6.20 Å². The van der Waals surface area contributed by atoms with Crippen molar-refractivity contribution in [2.75, 3.05) is 32.1 Å². The van der Waals surface area contributed by atoms with Gasteiger partial charge in [0.1, 0.15) is 0 Å². The summed E-state index contributed by atoms with van der Waals surface area (Å²) in [6, 6.07) is 1.91. The van der Waals surface area contributed by atoms with Crippen LogP contribution in [-0.4, -0.2) is 54.2 Å². The minimum atomic E-state index is -0.900. The molecule has 0 spiro atoms. The number of likely N-dealkylation sites (N-methyl/N-ethyl adjacent to an activating group) is 2. The number of aromatic nitrogens is 1. The Morgan fingerprint density at radius 3 is 3.06 bits per heavy atom. The molecule has 0 amide bonds. The van der Waals surface area contributed by atoms with E-state index in [9.17, 15) is 9.90 Å². The summed E-state index contributed by atoms with van der Waals surface area (Å²) in [5.74, 6) is -0.900. The van der Waals surface area contributed by atoms with Crippen molar-refractivity contribution in [1.29, 1.82) is 0 Å². The number of carboxylic acids is 1. The Balaban J connectivity index is 2.22. The lowest BCUT2D eigenvalue weighted by Crippen LogP contribution is -2.45. The zero-order valence-electron chi connectivity index (χ0n) is 10.8. The number of anilines is 1. The second kappa shape index (κ2) is 5.35. The highest BCUT2D eigenvalue weighted by atomic mass is 16.4. The first-order valence-corrected chi connectivity index (χ1v) is 6.18. The molecule has 0 saturated carbocycles. The molecular weight excluding hydrogens is 230 g/mol. The van der Waals surface area contributed by atoms with Crippen molar-refractivity contribution in [3.63, 3.8) is 0 Å². The maximum atomic E-state index is 11.2. The average Bonchev–Trinajstić information content (AvgIpc) is 2.38. The smallest absolute Gasteiger partial charge is 0.337 e. The van der Waals surface area contributed by atoms with Crippen molar-refractivity contribution >= 4 is 11.7 Å². The van der Waals surface area contributed by atoms with E-state index in [2.05, 4.69) is 16.9 Å². The van der Waals surface area contributed by atoms with Crippen LogP contribution in [-0.2, 0) is 0 Å². The lowest BCUT2D eigenvalue weighted by Gasteiger charge is -2.37. The lowest BCUT2D eigenvalue weighted by atomic mass is 10.0. The van der Waals surface area contributed by atoms with Gasteiger partial charge in [-0.2, -0.15) is 0 Å². The number of hydrogen-bond donors (Lipinski definition) is 1. The molecule has 1 aromatic rings. The van der Waals surface area contributed by atoms with E-state index in [0.717, 1.165) is 25.9 Å². The van der Waals surface area contributed by atoms with Crippen LogP contribution in [0.2, 0.25) is 0 Å². The summed E-state index contributed by atoms with van der Waals surface area (Å²) >= 11 is 0. The highest BCUT2D eigenvalue weighted by molar-refractivity contribution is 5.94. The van der Waals surface area contributed by atoms with Gasteiger partial charge in [-0.1, -0.05) is 0 Å². The van der Waals surface area contributed by atoms with Crippen LogP contribution in [0, 0.1) is 0 Å². The first kappa shape index (κ1) is 12.8. The van der Waals surface area contributed by atoms with Gasteiger partial charge < -0.3 is 14.9 Å². The third-order valence-corrected chi connectivity index (χ3v) is 3.56. The molecule has 1 aromatic heterocycles. The molecule has 0 bridgehead atoms. The summed E-state index contributed by atoms with van der Waals surface area (Å²) < 4.78 is 0. The third kappa shape index (κ3) is 2.61. The number of nitrogens with zero attached hydrogens (tertiary/aromatic N) is 3. The Labute approximate surface area is 107 Å². The molecule has 1 unspecified atom stereocenters. The molecule has 1 fully saturated rings. The van der Waals surface area contributed by atoms with Crippen LogP contribution in [0.1, 0.15) is 23.2 Å². The van der Waals surface area contributed by atoms with Crippen molar-refractivity contribution in [2.24, 2.45) is 0 Å². The molecule has 5 nitrogen and oxygen atoms in total. The summed E-state index contributed by atoms with van der Waals surface area (Å²) in [6.07, 6.45) is 5.40. The van der Waals surface area contributed by atoms with Crippen LogP contribution in [0.5, 0.6) is 0 Å². The first-order valence-electron chi connectivity index (χ1n) is 6.18. The van der Waals surface area contributed by atoms with Gasteiger partial charge in [-0.15, -0.1) is 0 Å². The molecule has 0 radical (unpaired) electrons. The molecule has 18 heavy (non-hydrogen) atoms. The Hall–Kier alpha value is -1.62. The SMILES string of the molecule is CN1CCCC(N(C)c2cnccc2C(=O)O)C1. The van der Waals surface area contributed by atoms with Crippen molar-refractivity contribution in [3.8, 4) is 0 Å². The fourth-order valence-electron chi connectivity index (χ4n) is 2.50. The number of pyridine rings is 1. The van der Waals surface area contributed by atoms with E-state index in [1.807, 2.05) is 11.9 Å². The Kier molecular flexibility index (Phi) is 3.81. The van der Waals surface area contributed by atoms with Gasteiger partial charge in [-0.05, 0) is 32.5 Å². The number of aromatic carboxylic acids is 1.